The Balaban J connectivity index is 1.66. The fourth-order valence-electron chi connectivity index (χ4n) is 4.41. The summed E-state index contributed by atoms with van der Waals surface area (Å²) >= 11 is 0. The maximum Gasteiger partial charge on any atom is 0.113 e. The largest absolute Gasteiger partial charge is 0.374 e. The number of hydrogen-bond donors (Lipinski definition) is 0. The van der Waals surface area contributed by atoms with Gasteiger partial charge < -0.3 is 4.90 Å². The van der Waals surface area contributed by atoms with E-state index in [1.165, 1.54) is 16.8 Å². The minimum Gasteiger partial charge on any atom is -0.374 e. The summed E-state index contributed by atoms with van der Waals surface area (Å²) in [6.07, 6.45) is 1.01. The lowest BCUT2D eigenvalue weighted by atomic mass is 9.83. The van der Waals surface area contributed by atoms with Crippen molar-refractivity contribution >= 4 is 16.7 Å². The van der Waals surface area contributed by atoms with Gasteiger partial charge in [-0.05, 0) is 30.2 Å². The maximum absolute atomic E-state index is 4.58. The Morgan fingerprint density at radius 2 is 1.63 bits per heavy atom. The lowest BCUT2D eigenvalue weighted by Crippen LogP contribution is -2.39. The summed E-state index contributed by atoms with van der Waals surface area (Å²) in [5, 5.41) is 9.01. The lowest BCUT2D eigenvalue weighted by Gasteiger charge is -2.39. The van der Waals surface area contributed by atoms with Crippen LogP contribution in [0.15, 0.2) is 78.9 Å². The fourth-order valence-corrected chi connectivity index (χ4v) is 4.41. The Morgan fingerprint density at radius 3 is 2.52 bits per heavy atom. The van der Waals surface area contributed by atoms with E-state index in [4.69, 9.17) is 0 Å². The molecule has 1 aromatic heterocycles. The first-order chi connectivity index (χ1) is 13.3. The molecule has 0 saturated carbocycles. The summed E-state index contributed by atoms with van der Waals surface area (Å²) in [7, 11) is 2.19. The van der Waals surface area contributed by atoms with Crippen LogP contribution in [0.1, 0.15) is 17.2 Å². The molecule has 0 amide bonds. The predicted molar refractivity (Wildman–Crippen MR) is 109 cm³/mol. The van der Waals surface area contributed by atoms with E-state index in [-0.39, 0.29) is 6.04 Å². The molecule has 2 atom stereocenters. The Morgan fingerprint density at radius 1 is 0.889 bits per heavy atom. The Hall–Kier alpha value is -3.14. The second-order valence-corrected chi connectivity index (χ2v) is 7.36. The van der Waals surface area contributed by atoms with Crippen LogP contribution in [0.3, 0.4) is 0 Å². The van der Waals surface area contributed by atoms with Crippen LogP contribution in [0.2, 0.25) is 0 Å². The van der Waals surface area contributed by atoms with Gasteiger partial charge in [-0.15, -0.1) is 5.10 Å². The summed E-state index contributed by atoms with van der Waals surface area (Å²) < 4.78 is 2.13. The molecule has 4 heteroatoms. The summed E-state index contributed by atoms with van der Waals surface area (Å²) in [6.45, 7) is 0.991. The standard InChI is InChI=1S/C23H22N4/c1-26-16-18(15-17-9-3-2-4-10-17)23(19-11-5-7-13-21(19)26)27-22-14-8-6-12-20(22)24-25-27/h2-14,18,23H,15-16H2,1H3. The third-order valence-corrected chi connectivity index (χ3v) is 5.60. The monoisotopic (exact) mass is 354 g/mol. The highest BCUT2D eigenvalue weighted by molar-refractivity contribution is 5.74. The molecule has 0 fully saturated rings. The number of fused-ring (bicyclic) bond motifs is 2. The van der Waals surface area contributed by atoms with Crippen molar-refractivity contribution < 1.29 is 0 Å². The maximum atomic E-state index is 4.58. The van der Waals surface area contributed by atoms with Gasteiger partial charge in [-0.1, -0.05) is 65.9 Å². The third kappa shape index (κ3) is 2.78. The number of benzene rings is 3. The number of para-hydroxylation sites is 2. The molecule has 2 heterocycles. The van der Waals surface area contributed by atoms with Crippen LogP contribution in [-0.4, -0.2) is 28.6 Å². The first kappa shape index (κ1) is 16.1. The Bertz CT molecular complexity index is 1070. The molecule has 1 aliphatic rings. The molecule has 5 rings (SSSR count). The van der Waals surface area contributed by atoms with E-state index in [0.717, 1.165) is 24.0 Å². The van der Waals surface area contributed by atoms with Crippen molar-refractivity contribution in [2.24, 2.45) is 5.92 Å². The first-order valence-corrected chi connectivity index (χ1v) is 9.45. The van der Waals surface area contributed by atoms with Crippen molar-refractivity contribution in [3.63, 3.8) is 0 Å². The zero-order valence-corrected chi connectivity index (χ0v) is 15.4. The first-order valence-electron chi connectivity index (χ1n) is 9.45. The van der Waals surface area contributed by atoms with Crippen LogP contribution in [0.25, 0.3) is 11.0 Å². The van der Waals surface area contributed by atoms with Crippen molar-refractivity contribution in [2.45, 2.75) is 12.5 Å². The average molecular weight is 354 g/mol. The quantitative estimate of drug-likeness (QED) is 0.549. The molecule has 0 aliphatic carbocycles. The molecule has 2 unspecified atom stereocenters. The molecule has 0 saturated heterocycles. The summed E-state index contributed by atoms with van der Waals surface area (Å²) in [5.74, 6) is 0.414. The normalized spacial score (nSPS) is 19.2. The third-order valence-electron chi connectivity index (χ3n) is 5.60. The van der Waals surface area contributed by atoms with Crippen LogP contribution in [-0.2, 0) is 6.42 Å². The summed E-state index contributed by atoms with van der Waals surface area (Å²) in [4.78, 5) is 2.37. The molecule has 0 N–H and O–H groups in total. The number of nitrogens with zero attached hydrogens (tertiary/aromatic N) is 4. The van der Waals surface area contributed by atoms with E-state index in [1.54, 1.807) is 0 Å². The highest BCUT2D eigenvalue weighted by atomic mass is 15.4. The number of hydrogen-bond acceptors (Lipinski definition) is 3. The van der Waals surface area contributed by atoms with Gasteiger partial charge in [-0.2, -0.15) is 0 Å². The summed E-state index contributed by atoms with van der Waals surface area (Å²) in [5.41, 5.74) is 6.02. The molecule has 0 spiro atoms. The van der Waals surface area contributed by atoms with Gasteiger partial charge in [0.15, 0.2) is 0 Å². The topological polar surface area (TPSA) is 34.0 Å². The van der Waals surface area contributed by atoms with Gasteiger partial charge in [0.25, 0.3) is 0 Å². The zero-order valence-electron chi connectivity index (χ0n) is 15.4. The highest BCUT2D eigenvalue weighted by Gasteiger charge is 2.34. The van der Waals surface area contributed by atoms with Gasteiger partial charge >= 0.3 is 0 Å². The molecule has 134 valence electrons. The zero-order chi connectivity index (χ0) is 18.2. The molecular weight excluding hydrogens is 332 g/mol. The van der Waals surface area contributed by atoms with E-state index in [9.17, 15) is 0 Å². The van der Waals surface area contributed by atoms with Crippen molar-refractivity contribution in [3.8, 4) is 0 Å². The van der Waals surface area contributed by atoms with Gasteiger partial charge in [0.2, 0.25) is 0 Å². The van der Waals surface area contributed by atoms with E-state index >= 15 is 0 Å². The van der Waals surface area contributed by atoms with E-state index in [1.807, 2.05) is 12.1 Å². The van der Waals surface area contributed by atoms with Crippen molar-refractivity contribution in [1.29, 1.82) is 0 Å². The minimum atomic E-state index is 0.171. The molecule has 4 nitrogen and oxygen atoms in total. The van der Waals surface area contributed by atoms with Crippen molar-refractivity contribution in [1.82, 2.24) is 15.0 Å². The van der Waals surface area contributed by atoms with E-state index in [0.29, 0.717) is 5.92 Å². The van der Waals surface area contributed by atoms with Crippen molar-refractivity contribution in [3.05, 3.63) is 90.0 Å². The molecule has 0 radical (unpaired) electrons. The van der Waals surface area contributed by atoms with Gasteiger partial charge in [0.05, 0.1) is 11.6 Å². The smallest absolute Gasteiger partial charge is 0.113 e. The van der Waals surface area contributed by atoms with Gasteiger partial charge in [0, 0.05) is 30.8 Å². The van der Waals surface area contributed by atoms with Crippen molar-refractivity contribution in [2.75, 3.05) is 18.5 Å². The van der Waals surface area contributed by atoms with Crippen LogP contribution < -0.4 is 4.90 Å². The molecule has 0 bridgehead atoms. The van der Waals surface area contributed by atoms with Crippen LogP contribution in [0, 0.1) is 5.92 Å². The SMILES string of the molecule is CN1CC(Cc2ccccc2)C(n2nnc3ccccc32)c2ccccc21. The van der Waals surface area contributed by atoms with Crippen LogP contribution in [0.5, 0.6) is 0 Å². The Kier molecular flexibility index (Phi) is 3.89. The van der Waals surface area contributed by atoms with Gasteiger partial charge in [-0.25, -0.2) is 4.68 Å². The number of aromatic nitrogens is 3. The van der Waals surface area contributed by atoms with Gasteiger partial charge in [0.1, 0.15) is 5.52 Å². The highest BCUT2D eigenvalue weighted by Crippen LogP contribution is 2.41. The molecule has 1 aliphatic heterocycles. The minimum absolute atomic E-state index is 0.171. The number of anilines is 1. The molecule has 4 aromatic rings. The predicted octanol–water partition coefficient (Wildman–Crippen LogP) is 4.33. The van der Waals surface area contributed by atoms with Gasteiger partial charge in [-0.3, -0.25) is 0 Å². The van der Waals surface area contributed by atoms with E-state index in [2.05, 4.69) is 93.7 Å². The molecular formula is C23H22N4. The van der Waals surface area contributed by atoms with E-state index < -0.39 is 0 Å². The second kappa shape index (κ2) is 6.54. The molecule has 27 heavy (non-hydrogen) atoms. The fraction of sp³-hybridized carbons (Fsp3) is 0.217. The van der Waals surface area contributed by atoms with Crippen LogP contribution in [0.4, 0.5) is 5.69 Å². The lowest BCUT2D eigenvalue weighted by molar-refractivity contribution is 0.341. The Labute approximate surface area is 159 Å². The summed E-state index contributed by atoms with van der Waals surface area (Å²) in [6, 6.07) is 27.9. The second-order valence-electron chi connectivity index (χ2n) is 7.36. The average Bonchev–Trinajstić information content (AvgIpc) is 3.13. The molecule has 3 aromatic carbocycles. The van der Waals surface area contributed by atoms with Crippen LogP contribution >= 0.6 is 0 Å². The number of rotatable bonds is 3.